The van der Waals surface area contributed by atoms with Crippen LogP contribution >= 0.6 is 0 Å². The summed E-state index contributed by atoms with van der Waals surface area (Å²) >= 11 is 0. The second-order valence-electron chi connectivity index (χ2n) is 3.70. The summed E-state index contributed by atoms with van der Waals surface area (Å²) in [5.74, 6) is 3.78. The normalized spacial score (nSPS) is 10.0. The molecule has 0 saturated carbocycles. The molecule has 0 aromatic carbocycles. The molecule has 0 aliphatic rings. The first-order valence-corrected chi connectivity index (χ1v) is 4.57. The van der Waals surface area contributed by atoms with Crippen LogP contribution < -0.4 is 4.90 Å². The molecule has 1 heterocycles. The highest BCUT2D eigenvalue weighted by molar-refractivity contribution is 5.48. The lowest BCUT2D eigenvalue weighted by Gasteiger charge is -2.17. The first-order valence-electron chi connectivity index (χ1n) is 4.57. The van der Waals surface area contributed by atoms with Crippen LogP contribution in [0.3, 0.4) is 0 Å². The first-order chi connectivity index (χ1) is 6.56. The quantitative estimate of drug-likeness (QED) is 0.662. The Hall–Kier alpha value is -1.56. The number of hydrogen-bond acceptors (Lipinski definition) is 3. The van der Waals surface area contributed by atoms with E-state index in [2.05, 4.69) is 30.0 Å². The smallest absolute Gasteiger partial charge is 0.154 e. The number of rotatable bonds is 2. The van der Waals surface area contributed by atoms with E-state index in [9.17, 15) is 0 Å². The molecule has 1 rings (SSSR count). The largest absolute Gasteiger partial charge is 0.361 e. The van der Waals surface area contributed by atoms with E-state index in [0.29, 0.717) is 11.6 Å². The monoisotopic (exact) mass is 189 g/mol. The number of aromatic nitrogens is 2. The SMILES string of the molecule is C#Cc1cc(C(C)C)c(N(C)C)nn1. The maximum absolute atomic E-state index is 5.28. The van der Waals surface area contributed by atoms with Gasteiger partial charge in [0.15, 0.2) is 5.82 Å². The fraction of sp³-hybridized carbons (Fsp3) is 0.455. The zero-order valence-corrected chi connectivity index (χ0v) is 9.07. The molecule has 14 heavy (non-hydrogen) atoms. The predicted molar refractivity (Wildman–Crippen MR) is 58.4 cm³/mol. The third-order valence-electron chi connectivity index (χ3n) is 2.00. The molecule has 0 unspecified atom stereocenters. The molecule has 0 atom stereocenters. The fourth-order valence-corrected chi connectivity index (χ4v) is 1.24. The van der Waals surface area contributed by atoms with Gasteiger partial charge in [-0.2, -0.15) is 0 Å². The Morgan fingerprint density at radius 1 is 1.36 bits per heavy atom. The lowest BCUT2D eigenvalue weighted by atomic mass is 10.0. The Morgan fingerprint density at radius 2 is 2.00 bits per heavy atom. The van der Waals surface area contributed by atoms with Crippen molar-refractivity contribution in [3.63, 3.8) is 0 Å². The van der Waals surface area contributed by atoms with Crippen LogP contribution in [0, 0.1) is 12.3 Å². The average Bonchev–Trinajstić information content (AvgIpc) is 2.16. The van der Waals surface area contributed by atoms with Crippen LogP contribution in [0.1, 0.15) is 31.0 Å². The standard InChI is InChI=1S/C11H15N3/c1-6-9-7-10(8(2)3)11(13-12-9)14(4)5/h1,7-8H,2-5H3. The van der Waals surface area contributed by atoms with Crippen molar-refractivity contribution in [2.75, 3.05) is 19.0 Å². The molecule has 1 aromatic heterocycles. The maximum atomic E-state index is 5.28. The minimum atomic E-state index is 0.398. The number of nitrogens with zero attached hydrogens (tertiary/aromatic N) is 3. The topological polar surface area (TPSA) is 29.0 Å². The summed E-state index contributed by atoms with van der Waals surface area (Å²) in [6.07, 6.45) is 5.28. The van der Waals surface area contributed by atoms with Gasteiger partial charge in [-0.15, -0.1) is 16.6 Å². The van der Waals surface area contributed by atoms with Crippen LogP contribution in [0.2, 0.25) is 0 Å². The molecule has 0 saturated heterocycles. The molecule has 0 aliphatic carbocycles. The number of anilines is 1. The van der Waals surface area contributed by atoms with Crippen molar-refractivity contribution in [1.82, 2.24) is 10.2 Å². The van der Waals surface area contributed by atoms with Crippen molar-refractivity contribution in [3.8, 4) is 12.3 Å². The molecule has 74 valence electrons. The Bertz CT molecular complexity index is 361. The molecule has 1 aromatic rings. The highest BCUT2D eigenvalue weighted by Crippen LogP contribution is 2.23. The molecule has 0 N–H and O–H groups in total. The maximum Gasteiger partial charge on any atom is 0.154 e. The highest BCUT2D eigenvalue weighted by atomic mass is 15.2. The van der Waals surface area contributed by atoms with Crippen molar-refractivity contribution >= 4 is 5.82 Å². The Labute approximate surface area is 85.2 Å². The molecular weight excluding hydrogens is 174 g/mol. The fourth-order valence-electron chi connectivity index (χ4n) is 1.24. The highest BCUT2D eigenvalue weighted by Gasteiger charge is 2.11. The van der Waals surface area contributed by atoms with Crippen molar-refractivity contribution < 1.29 is 0 Å². The van der Waals surface area contributed by atoms with Crippen LogP contribution in [0.4, 0.5) is 5.82 Å². The van der Waals surface area contributed by atoms with Gasteiger partial charge in [-0.1, -0.05) is 13.8 Å². The summed E-state index contributed by atoms with van der Waals surface area (Å²) in [4.78, 5) is 1.95. The van der Waals surface area contributed by atoms with E-state index in [0.717, 1.165) is 11.4 Å². The lowest BCUT2D eigenvalue weighted by Crippen LogP contribution is -2.15. The van der Waals surface area contributed by atoms with Gasteiger partial charge in [-0.3, -0.25) is 0 Å². The van der Waals surface area contributed by atoms with Gasteiger partial charge in [-0.05, 0) is 17.9 Å². The van der Waals surface area contributed by atoms with Gasteiger partial charge >= 0.3 is 0 Å². The van der Waals surface area contributed by atoms with E-state index in [4.69, 9.17) is 6.42 Å². The van der Waals surface area contributed by atoms with Gasteiger partial charge in [0.25, 0.3) is 0 Å². The Kier molecular flexibility index (Phi) is 3.08. The summed E-state index contributed by atoms with van der Waals surface area (Å²) in [6, 6.07) is 1.92. The second kappa shape index (κ2) is 4.10. The Balaban J connectivity index is 3.26. The van der Waals surface area contributed by atoms with E-state index in [1.807, 2.05) is 25.1 Å². The van der Waals surface area contributed by atoms with E-state index < -0.39 is 0 Å². The average molecular weight is 189 g/mol. The third kappa shape index (κ3) is 2.02. The van der Waals surface area contributed by atoms with Gasteiger partial charge < -0.3 is 4.90 Å². The molecular formula is C11H15N3. The minimum Gasteiger partial charge on any atom is -0.361 e. The van der Waals surface area contributed by atoms with Crippen molar-refractivity contribution in [1.29, 1.82) is 0 Å². The van der Waals surface area contributed by atoms with E-state index in [1.54, 1.807) is 0 Å². The van der Waals surface area contributed by atoms with Crippen molar-refractivity contribution in [2.45, 2.75) is 19.8 Å². The lowest BCUT2D eigenvalue weighted by molar-refractivity contribution is 0.823. The summed E-state index contributed by atoms with van der Waals surface area (Å²) < 4.78 is 0. The van der Waals surface area contributed by atoms with Gasteiger partial charge in [-0.25, -0.2) is 0 Å². The van der Waals surface area contributed by atoms with Gasteiger partial charge in [0.1, 0.15) is 5.69 Å². The van der Waals surface area contributed by atoms with Gasteiger partial charge in [0.2, 0.25) is 0 Å². The molecule has 0 spiro atoms. The molecule has 0 fully saturated rings. The van der Waals surface area contributed by atoms with Gasteiger partial charge in [0.05, 0.1) is 0 Å². The van der Waals surface area contributed by atoms with Crippen LogP contribution in [-0.4, -0.2) is 24.3 Å². The van der Waals surface area contributed by atoms with E-state index in [-0.39, 0.29) is 0 Å². The van der Waals surface area contributed by atoms with Gasteiger partial charge in [0, 0.05) is 19.7 Å². The first kappa shape index (κ1) is 10.5. The molecule has 0 amide bonds. The summed E-state index contributed by atoms with van der Waals surface area (Å²) in [7, 11) is 3.90. The summed E-state index contributed by atoms with van der Waals surface area (Å²) in [5.41, 5.74) is 1.73. The van der Waals surface area contributed by atoms with Crippen molar-refractivity contribution in [3.05, 3.63) is 17.3 Å². The molecule has 3 heteroatoms. The molecule has 0 bridgehead atoms. The van der Waals surface area contributed by atoms with Crippen LogP contribution in [0.5, 0.6) is 0 Å². The predicted octanol–water partition coefficient (Wildman–Crippen LogP) is 1.65. The van der Waals surface area contributed by atoms with E-state index >= 15 is 0 Å². The third-order valence-corrected chi connectivity index (χ3v) is 2.00. The number of hydrogen-bond donors (Lipinski definition) is 0. The van der Waals surface area contributed by atoms with Crippen LogP contribution in [-0.2, 0) is 0 Å². The Morgan fingerprint density at radius 3 is 2.43 bits per heavy atom. The zero-order valence-electron chi connectivity index (χ0n) is 9.07. The number of terminal acetylenes is 1. The molecule has 3 nitrogen and oxygen atoms in total. The molecule has 0 aliphatic heterocycles. The second-order valence-corrected chi connectivity index (χ2v) is 3.70. The minimum absolute atomic E-state index is 0.398. The van der Waals surface area contributed by atoms with E-state index in [1.165, 1.54) is 0 Å². The van der Waals surface area contributed by atoms with Crippen LogP contribution in [0.15, 0.2) is 6.07 Å². The molecule has 0 radical (unpaired) electrons. The summed E-state index contributed by atoms with van der Waals surface area (Å²) in [6.45, 7) is 4.23. The van der Waals surface area contributed by atoms with Crippen molar-refractivity contribution in [2.24, 2.45) is 0 Å². The van der Waals surface area contributed by atoms with Crippen LogP contribution in [0.25, 0.3) is 0 Å². The summed E-state index contributed by atoms with van der Waals surface area (Å²) in [5, 5.41) is 8.04. The zero-order chi connectivity index (χ0) is 10.7.